The summed E-state index contributed by atoms with van der Waals surface area (Å²) in [6.07, 6.45) is 1.38. The van der Waals surface area contributed by atoms with Crippen molar-refractivity contribution in [2.75, 3.05) is 5.32 Å². The van der Waals surface area contributed by atoms with Gasteiger partial charge < -0.3 is 10.1 Å². The normalized spacial score (nSPS) is 14.8. The Labute approximate surface area is 169 Å². The number of ether oxygens (including phenoxy) is 1. The SMILES string of the molecule is O=C(C[C@H]1Oc2ccccc2NC1=O)NNC(=O)c1cncn1-c1ccc(F)cc1. The number of halogens is 1. The van der Waals surface area contributed by atoms with Crippen LogP contribution in [0.25, 0.3) is 5.69 Å². The maximum atomic E-state index is 13.1. The van der Waals surface area contributed by atoms with Gasteiger partial charge in [0.05, 0.1) is 24.6 Å². The second kappa shape index (κ2) is 8.03. The van der Waals surface area contributed by atoms with Crippen LogP contribution in [0.1, 0.15) is 16.9 Å². The van der Waals surface area contributed by atoms with Crippen molar-refractivity contribution < 1.29 is 23.5 Å². The van der Waals surface area contributed by atoms with Crippen molar-refractivity contribution in [1.82, 2.24) is 20.4 Å². The second-order valence-corrected chi connectivity index (χ2v) is 6.42. The number of rotatable bonds is 4. The number of nitrogens with one attached hydrogen (secondary N) is 3. The minimum atomic E-state index is -1.03. The Hall–Kier alpha value is -4.21. The average Bonchev–Trinajstić information content (AvgIpc) is 3.23. The van der Waals surface area contributed by atoms with E-state index in [2.05, 4.69) is 21.2 Å². The number of benzene rings is 2. The highest BCUT2D eigenvalue weighted by Gasteiger charge is 2.29. The van der Waals surface area contributed by atoms with Crippen molar-refractivity contribution in [1.29, 1.82) is 0 Å². The van der Waals surface area contributed by atoms with Crippen molar-refractivity contribution in [3.63, 3.8) is 0 Å². The van der Waals surface area contributed by atoms with Crippen LogP contribution in [0, 0.1) is 5.82 Å². The highest BCUT2D eigenvalue weighted by molar-refractivity contribution is 6.00. The third kappa shape index (κ3) is 3.97. The first-order chi connectivity index (χ1) is 14.5. The van der Waals surface area contributed by atoms with E-state index in [1.807, 2.05) is 0 Å². The van der Waals surface area contributed by atoms with Gasteiger partial charge in [-0.1, -0.05) is 12.1 Å². The summed E-state index contributed by atoms with van der Waals surface area (Å²) < 4.78 is 20.1. The number of para-hydroxylation sites is 2. The van der Waals surface area contributed by atoms with E-state index in [0.717, 1.165) is 0 Å². The average molecular weight is 409 g/mol. The van der Waals surface area contributed by atoms with E-state index in [0.29, 0.717) is 17.1 Å². The number of aromatic nitrogens is 2. The Bertz CT molecular complexity index is 1110. The Morgan fingerprint density at radius 3 is 2.70 bits per heavy atom. The van der Waals surface area contributed by atoms with Gasteiger partial charge in [-0.25, -0.2) is 9.37 Å². The molecule has 0 fully saturated rings. The summed E-state index contributed by atoms with van der Waals surface area (Å²) in [4.78, 5) is 40.6. The molecule has 0 unspecified atom stereocenters. The molecule has 1 aromatic heterocycles. The first-order valence-electron chi connectivity index (χ1n) is 8.95. The molecule has 1 atom stereocenters. The van der Waals surface area contributed by atoms with Gasteiger partial charge in [-0.3, -0.25) is 29.8 Å². The number of hydrogen-bond acceptors (Lipinski definition) is 5. The molecule has 3 N–H and O–H groups in total. The molecule has 0 radical (unpaired) electrons. The van der Waals surface area contributed by atoms with Crippen LogP contribution in [0.15, 0.2) is 61.1 Å². The van der Waals surface area contributed by atoms with Crippen LogP contribution in [-0.4, -0.2) is 33.4 Å². The molecule has 0 aliphatic carbocycles. The summed E-state index contributed by atoms with van der Waals surface area (Å²) in [7, 11) is 0. The number of hydrogen-bond donors (Lipinski definition) is 3. The van der Waals surface area contributed by atoms with E-state index in [-0.39, 0.29) is 12.1 Å². The zero-order chi connectivity index (χ0) is 21.1. The van der Waals surface area contributed by atoms with Crippen LogP contribution in [0.5, 0.6) is 5.75 Å². The van der Waals surface area contributed by atoms with Crippen LogP contribution in [0.4, 0.5) is 10.1 Å². The molecule has 3 amide bonds. The van der Waals surface area contributed by atoms with Crippen LogP contribution in [0.2, 0.25) is 0 Å². The number of amides is 3. The maximum Gasteiger partial charge on any atom is 0.288 e. The lowest BCUT2D eigenvalue weighted by Gasteiger charge is -2.25. The van der Waals surface area contributed by atoms with E-state index in [1.54, 1.807) is 24.3 Å². The molecule has 0 saturated heterocycles. The van der Waals surface area contributed by atoms with Gasteiger partial charge in [-0.05, 0) is 36.4 Å². The molecular formula is C20H16FN5O4. The van der Waals surface area contributed by atoms with Crippen molar-refractivity contribution in [2.45, 2.75) is 12.5 Å². The molecular weight excluding hydrogens is 393 g/mol. The lowest BCUT2D eigenvalue weighted by Crippen LogP contribution is -2.46. The minimum absolute atomic E-state index is 0.127. The summed E-state index contributed by atoms with van der Waals surface area (Å²) in [5.74, 6) is -1.65. The van der Waals surface area contributed by atoms with E-state index < -0.39 is 29.6 Å². The number of nitrogens with zero attached hydrogens (tertiary/aromatic N) is 2. The molecule has 4 rings (SSSR count). The fourth-order valence-corrected chi connectivity index (χ4v) is 2.91. The van der Waals surface area contributed by atoms with Gasteiger partial charge in [-0.15, -0.1) is 0 Å². The smallest absolute Gasteiger partial charge is 0.288 e. The van der Waals surface area contributed by atoms with Crippen molar-refractivity contribution in [3.8, 4) is 11.4 Å². The summed E-state index contributed by atoms with van der Waals surface area (Å²) >= 11 is 0. The zero-order valence-electron chi connectivity index (χ0n) is 15.5. The number of carbonyl (C=O) groups excluding carboxylic acids is 3. The van der Waals surface area contributed by atoms with Crippen LogP contribution in [0.3, 0.4) is 0 Å². The number of anilines is 1. The number of imidazole rings is 1. The van der Waals surface area contributed by atoms with Gasteiger partial charge in [0.25, 0.3) is 11.8 Å². The molecule has 2 aromatic carbocycles. The Kier molecular flexibility index (Phi) is 5.12. The zero-order valence-corrected chi connectivity index (χ0v) is 15.5. The third-order valence-electron chi connectivity index (χ3n) is 4.37. The highest BCUT2D eigenvalue weighted by atomic mass is 19.1. The van der Waals surface area contributed by atoms with E-state index in [4.69, 9.17) is 4.74 Å². The summed E-state index contributed by atoms with van der Waals surface area (Å²) in [5, 5.41) is 2.66. The predicted molar refractivity (Wildman–Crippen MR) is 103 cm³/mol. The molecule has 0 spiro atoms. The first kappa shape index (κ1) is 19.1. The lowest BCUT2D eigenvalue weighted by atomic mass is 10.1. The van der Waals surface area contributed by atoms with E-state index in [9.17, 15) is 18.8 Å². The number of fused-ring (bicyclic) bond motifs is 1. The molecule has 10 heteroatoms. The maximum absolute atomic E-state index is 13.1. The fourth-order valence-electron chi connectivity index (χ4n) is 2.91. The van der Waals surface area contributed by atoms with Gasteiger partial charge in [0, 0.05) is 5.69 Å². The molecule has 152 valence electrons. The quantitative estimate of drug-likeness (QED) is 0.566. The molecule has 0 saturated carbocycles. The fraction of sp³-hybridized carbons (Fsp3) is 0.100. The monoisotopic (exact) mass is 409 g/mol. The van der Waals surface area contributed by atoms with Gasteiger partial charge in [0.1, 0.15) is 17.3 Å². The third-order valence-corrected chi connectivity index (χ3v) is 4.37. The Balaban J connectivity index is 1.36. The molecule has 30 heavy (non-hydrogen) atoms. The van der Waals surface area contributed by atoms with Crippen LogP contribution < -0.4 is 20.9 Å². The molecule has 9 nitrogen and oxygen atoms in total. The van der Waals surface area contributed by atoms with Crippen LogP contribution >= 0.6 is 0 Å². The molecule has 2 heterocycles. The predicted octanol–water partition coefficient (Wildman–Crippen LogP) is 1.56. The van der Waals surface area contributed by atoms with E-state index in [1.165, 1.54) is 41.4 Å². The largest absolute Gasteiger partial charge is 0.478 e. The topological polar surface area (TPSA) is 114 Å². The van der Waals surface area contributed by atoms with Gasteiger partial charge in [0.15, 0.2) is 6.10 Å². The Morgan fingerprint density at radius 2 is 1.90 bits per heavy atom. The summed E-state index contributed by atoms with van der Waals surface area (Å²) in [6.45, 7) is 0. The van der Waals surface area contributed by atoms with Crippen molar-refractivity contribution >= 4 is 23.4 Å². The van der Waals surface area contributed by atoms with Gasteiger partial charge >= 0.3 is 0 Å². The first-order valence-corrected chi connectivity index (χ1v) is 8.95. The van der Waals surface area contributed by atoms with E-state index >= 15 is 0 Å². The lowest BCUT2D eigenvalue weighted by molar-refractivity contribution is -0.130. The molecule has 0 bridgehead atoms. The van der Waals surface area contributed by atoms with Gasteiger partial charge in [-0.2, -0.15) is 0 Å². The summed E-state index contributed by atoms with van der Waals surface area (Å²) in [5.41, 5.74) is 5.70. The Morgan fingerprint density at radius 1 is 1.13 bits per heavy atom. The van der Waals surface area contributed by atoms with Crippen molar-refractivity contribution in [2.24, 2.45) is 0 Å². The van der Waals surface area contributed by atoms with Crippen LogP contribution in [-0.2, 0) is 9.59 Å². The van der Waals surface area contributed by atoms with Crippen molar-refractivity contribution in [3.05, 3.63) is 72.6 Å². The second-order valence-electron chi connectivity index (χ2n) is 6.42. The standard InChI is InChI=1S/C20H16FN5O4/c21-12-5-7-13(8-6-12)26-11-22-10-15(26)19(28)25-24-18(27)9-17-20(29)23-14-3-1-2-4-16(14)30-17/h1-8,10-11,17H,9H2,(H,23,29)(H,24,27)(H,25,28)/t17-/m1/s1. The molecule has 1 aliphatic rings. The highest BCUT2D eigenvalue weighted by Crippen LogP contribution is 2.29. The molecule has 3 aromatic rings. The minimum Gasteiger partial charge on any atom is -0.478 e. The van der Waals surface area contributed by atoms with Gasteiger partial charge in [0.2, 0.25) is 5.91 Å². The number of carbonyl (C=O) groups is 3. The number of hydrazine groups is 1. The summed E-state index contributed by atoms with van der Waals surface area (Å²) in [6, 6.07) is 12.4. The molecule has 1 aliphatic heterocycles.